The van der Waals surface area contributed by atoms with Gasteiger partial charge in [0.05, 0.1) is 4.92 Å². The predicted molar refractivity (Wildman–Crippen MR) is 74.7 cm³/mol. The average molecular weight is 277 g/mol. The van der Waals surface area contributed by atoms with Gasteiger partial charge in [-0.25, -0.2) is 4.79 Å². The predicted octanol–water partition coefficient (Wildman–Crippen LogP) is 3.04. The lowest BCUT2D eigenvalue weighted by Gasteiger charge is -2.05. The molecule has 1 aromatic rings. The fourth-order valence-electron chi connectivity index (χ4n) is 1.37. The number of benzene rings is 1. The fourth-order valence-corrected chi connectivity index (χ4v) is 1.37. The Labute approximate surface area is 116 Å². The lowest BCUT2D eigenvalue weighted by atomic mass is 10.1. The number of carboxylic acids is 1. The van der Waals surface area contributed by atoms with Crippen molar-refractivity contribution < 1.29 is 19.6 Å². The van der Waals surface area contributed by atoms with Crippen LogP contribution >= 0.6 is 0 Å². The largest absolute Gasteiger partial charge is 0.483 e. The molecular formula is C14H15NO5. The van der Waals surface area contributed by atoms with Gasteiger partial charge in [-0.2, -0.15) is 0 Å². The molecule has 1 rings (SSSR count). The lowest BCUT2D eigenvalue weighted by molar-refractivity contribution is -0.385. The zero-order chi connectivity index (χ0) is 15.1. The molecule has 0 aliphatic heterocycles. The summed E-state index contributed by atoms with van der Waals surface area (Å²) in [5.74, 6) is -0.962. The first-order chi connectivity index (χ1) is 9.40. The maximum atomic E-state index is 11.0. The van der Waals surface area contributed by atoms with E-state index in [4.69, 9.17) is 9.84 Å². The van der Waals surface area contributed by atoms with Gasteiger partial charge in [-0.3, -0.25) is 10.1 Å². The second kappa shape index (κ2) is 7.08. The minimum Gasteiger partial charge on any atom is -0.483 e. The maximum absolute atomic E-state index is 11.0. The molecule has 0 saturated heterocycles. The summed E-state index contributed by atoms with van der Waals surface area (Å²) >= 11 is 0. The van der Waals surface area contributed by atoms with E-state index in [1.54, 1.807) is 6.07 Å². The Morgan fingerprint density at radius 1 is 1.45 bits per heavy atom. The van der Waals surface area contributed by atoms with Crippen molar-refractivity contribution in [3.05, 3.63) is 51.6 Å². The van der Waals surface area contributed by atoms with Crippen LogP contribution in [0.2, 0.25) is 0 Å². The first-order valence-corrected chi connectivity index (χ1v) is 5.85. The highest BCUT2D eigenvalue weighted by atomic mass is 16.6. The van der Waals surface area contributed by atoms with Gasteiger partial charge in [-0.15, -0.1) is 0 Å². The highest BCUT2D eigenvalue weighted by Gasteiger charge is 2.15. The number of hydrogen-bond acceptors (Lipinski definition) is 4. The van der Waals surface area contributed by atoms with Crippen molar-refractivity contribution in [2.24, 2.45) is 0 Å². The number of rotatable bonds is 6. The molecule has 0 heterocycles. The van der Waals surface area contributed by atoms with Crippen LogP contribution in [0, 0.1) is 10.1 Å². The SMILES string of the molecule is CC(C)=CCOc1ccc(/C=C/C(=O)O)cc1[N+](=O)[O-]. The Morgan fingerprint density at radius 3 is 2.70 bits per heavy atom. The molecule has 0 bridgehead atoms. The van der Waals surface area contributed by atoms with E-state index in [-0.39, 0.29) is 18.0 Å². The first kappa shape index (κ1) is 15.4. The Hall–Kier alpha value is -2.63. The Balaban J connectivity index is 2.99. The van der Waals surface area contributed by atoms with E-state index in [0.29, 0.717) is 5.56 Å². The summed E-state index contributed by atoms with van der Waals surface area (Å²) in [5.41, 5.74) is 1.28. The number of allylic oxidation sites excluding steroid dienone is 1. The normalized spacial score (nSPS) is 10.3. The third kappa shape index (κ3) is 4.93. The summed E-state index contributed by atoms with van der Waals surface area (Å²) in [7, 11) is 0. The van der Waals surface area contributed by atoms with E-state index in [1.165, 1.54) is 18.2 Å². The zero-order valence-electron chi connectivity index (χ0n) is 11.2. The third-order valence-electron chi connectivity index (χ3n) is 2.33. The molecule has 1 N–H and O–H groups in total. The van der Waals surface area contributed by atoms with Gasteiger partial charge in [-0.05, 0) is 37.6 Å². The zero-order valence-corrected chi connectivity index (χ0v) is 11.2. The molecule has 0 saturated carbocycles. The first-order valence-electron chi connectivity index (χ1n) is 5.85. The van der Waals surface area contributed by atoms with Crippen molar-refractivity contribution in [3.8, 4) is 5.75 Å². The molecule has 106 valence electrons. The van der Waals surface area contributed by atoms with Gasteiger partial charge in [0, 0.05) is 12.1 Å². The Bertz CT molecular complexity index is 571. The number of hydrogen-bond donors (Lipinski definition) is 1. The van der Waals surface area contributed by atoms with Crippen LogP contribution in [0.3, 0.4) is 0 Å². The van der Waals surface area contributed by atoms with E-state index in [2.05, 4.69) is 0 Å². The second-order valence-corrected chi connectivity index (χ2v) is 4.25. The van der Waals surface area contributed by atoms with Crippen LogP contribution < -0.4 is 4.74 Å². The monoisotopic (exact) mass is 277 g/mol. The molecule has 6 heteroatoms. The summed E-state index contributed by atoms with van der Waals surface area (Å²) in [4.78, 5) is 20.8. The van der Waals surface area contributed by atoms with Crippen molar-refractivity contribution in [1.29, 1.82) is 0 Å². The summed E-state index contributed by atoms with van der Waals surface area (Å²) in [6.07, 6.45) is 4.01. The topological polar surface area (TPSA) is 89.7 Å². The number of ether oxygens (including phenoxy) is 1. The molecule has 0 atom stereocenters. The number of carboxylic acid groups (broad SMARTS) is 1. The highest BCUT2D eigenvalue weighted by molar-refractivity contribution is 5.85. The van der Waals surface area contributed by atoms with Crippen molar-refractivity contribution in [3.63, 3.8) is 0 Å². The van der Waals surface area contributed by atoms with E-state index in [0.717, 1.165) is 11.6 Å². The molecule has 0 aliphatic rings. The molecule has 6 nitrogen and oxygen atoms in total. The number of aliphatic carboxylic acids is 1. The minimum absolute atomic E-state index is 0.153. The number of nitrogens with zero attached hydrogens (tertiary/aromatic N) is 1. The van der Waals surface area contributed by atoms with Crippen LogP contribution in [0.25, 0.3) is 6.08 Å². The second-order valence-electron chi connectivity index (χ2n) is 4.25. The molecule has 0 spiro atoms. The van der Waals surface area contributed by atoms with Gasteiger partial charge in [0.2, 0.25) is 0 Å². The summed E-state index contributed by atoms with van der Waals surface area (Å²) < 4.78 is 5.33. The van der Waals surface area contributed by atoms with E-state index < -0.39 is 10.9 Å². The molecule has 20 heavy (non-hydrogen) atoms. The maximum Gasteiger partial charge on any atom is 0.328 e. The summed E-state index contributed by atoms with van der Waals surface area (Å²) in [6, 6.07) is 4.29. The summed E-state index contributed by atoms with van der Waals surface area (Å²) in [5, 5.41) is 19.5. The molecule has 0 aliphatic carbocycles. The molecule has 0 unspecified atom stereocenters. The van der Waals surface area contributed by atoms with Crippen LogP contribution in [0.15, 0.2) is 35.9 Å². The van der Waals surface area contributed by atoms with Crippen LogP contribution in [-0.2, 0) is 4.79 Å². The number of nitro groups is 1. The molecule has 0 fully saturated rings. The van der Waals surface area contributed by atoms with Gasteiger partial charge >= 0.3 is 11.7 Å². The van der Waals surface area contributed by atoms with E-state index >= 15 is 0 Å². The van der Waals surface area contributed by atoms with E-state index in [9.17, 15) is 14.9 Å². The van der Waals surface area contributed by atoms with Crippen LogP contribution in [0.4, 0.5) is 5.69 Å². The third-order valence-corrected chi connectivity index (χ3v) is 2.33. The smallest absolute Gasteiger partial charge is 0.328 e. The Morgan fingerprint density at radius 2 is 2.15 bits per heavy atom. The standard InChI is InChI=1S/C14H15NO5/c1-10(2)7-8-20-13-5-3-11(4-6-14(16)17)9-12(13)15(18)19/h3-7,9H,8H2,1-2H3,(H,16,17)/b6-4+. The summed E-state index contributed by atoms with van der Waals surface area (Å²) in [6.45, 7) is 4.04. The van der Waals surface area contributed by atoms with Gasteiger partial charge in [0.25, 0.3) is 0 Å². The highest BCUT2D eigenvalue weighted by Crippen LogP contribution is 2.28. The van der Waals surface area contributed by atoms with Crippen LogP contribution in [0.5, 0.6) is 5.75 Å². The van der Waals surface area contributed by atoms with Crippen molar-refractivity contribution in [1.82, 2.24) is 0 Å². The van der Waals surface area contributed by atoms with Crippen LogP contribution in [-0.4, -0.2) is 22.6 Å². The molecule has 0 radical (unpaired) electrons. The van der Waals surface area contributed by atoms with Gasteiger partial charge in [0.15, 0.2) is 5.75 Å². The number of carbonyl (C=O) groups is 1. The molecule has 0 amide bonds. The quantitative estimate of drug-likeness (QED) is 0.373. The lowest BCUT2D eigenvalue weighted by Crippen LogP contribution is -1.99. The minimum atomic E-state index is -1.11. The van der Waals surface area contributed by atoms with Crippen molar-refractivity contribution in [2.75, 3.05) is 6.61 Å². The Kier molecular flexibility index (Phi) is 5.46. The van der Waals surface area contributed by atoms with Gasteiger partial charge in [-0.1, -0.05) is 11.6 Å². The van der Waals surface area contributed by atoms with Crippen molar-refractivity contribution in [2.45, 2.75) is 13.8 Å². The fraction of sp³-hybridized carbons (Fsp3) is 0.214. The van der Waals surface area contributed by atoms with E-state index in [1.807, 2.05) is 19.9 Å². The number of nitro benzene ring substituents is 1. The molecular weight excluding hydrogens is 262 g/mol. The average Bonchev–Trinajstić information content (AvgIpc) is 2.36. The van der Waals surface area contributed by atoms with Gasteiger partial charge < -0.3 is 9.84 Å². The van der Waals surface area contributed by atoms with Crippen molar-refractivity contribution >= 4 is 17.7 Å². The van der Waals surface area contributed by atoms with Gasteiger partial charge in [0.1, 0.15) is 6.61 Å². The van der Waals surface area contributed by atoms with Crippen LogP contribution in [0.1, 0.15) is 19.4 Å². The molecule has 1 aromatic carbocycles. The molecule has 0 aromatic heterocycles.